The molecule has 0 aromatic heterocycles. The third kappa shape index (κ3) is 1.82. The molecular weight excluding hydrogens is 208 g/mol. The average molecular weight is 218 g/mol. The fourth-order valence-electron chi connectivity index (χ4n) is 1.43. The molecule has 1 aliphatic heterocycles. The van der Waals surface area contributed by atoms with Gasteiger partial charge < -0.3 is 9.47 Å². The number of Topliss-reactive ketones (excluding diaryl/α,β-unsaturated/α-hetero) is 1. The van der Waals surface area contributed by atoms with Crippen LogP contribution in [0.2, 0.25) is 0 Å². The highest BCUT2D eigenvalue weighted by atomic mass is 16.5. The number of para-hydroxylation sites is 1. The topological polar surface area (TPSA) is 52.6 Å². The minimum absolute atomic E-state index is 0.0136. The molecule has 16 heavy (non-hydrogen) atoms. The molecule has 1 aliphatic rings. The van der Waals surface area contributed by atoms with Gasteiger partial charge in [0.25, 0.3) is 0 Å². The van der Waals surface area contributed by atoms with Crippen molar-refractivity contribution in [2.24, 2.45) is 0 Å². The highest BCUT2D eigenvalue weighted by Crippen LogP contribution is 2.30. The molecule has 0 fully saturated rings. The van der Waals surface area contributed by atoms with Gasteiger partial charge in [-0.2, -0.15) is 0 Å². The molecule has 0 radical (unpaired) electrons. The fourth-order valence-corrected chi connectivity index (χ4v) is 1.43. The summed E-state index contributed by atoms with van der Waals surface area (Å²) in [6.07, 6.45) is 1.08. The Morgan fingerprint density at radius 3 is 2.88 bits per heavy atom. The van der Waals surface area contributed by atoms with Crippen LogP contribution in [0.1, 0.15) is 17.3 Å². The monoisotopic (exact) mass is 218 g/mol. The molecule has 1 aromatic rings. The molecular formula is C12H10O4. The SMILES string of the molecule is CCOC(=O)/C=C1\Oc2ccccc2C1=O. The zero-order valence-corrected chi connectivity index (χ0v) is 8.73. The van der Waals surface area contributed by atoms with Crippen LogP contribution in [0.3, 0.4) is 0 Å². The van der Waals surface area contributed by atoms with Crippen LogP contribution >= 0.6 is 0 Å². The lowest BCUT2D eigenvalue weighted by molar-refractivity contribution is -0.137. The number of ketones is 1. The number of allylic oxidation sites excluding steroid dienone is 1. The van der Waals surface area contributed by atoms with Crippen LogP contribution < -0.4 is 4.74 Å². The van der Waals surface area contributed by atoms with E-state index in [1.807, 2.05) is 0 Å². The van der Waals surface area contributed by atoms with E-state index in [-0.39, 0.29) is 18.1 Å². The van der Waals surface area contributed by atoms with Gasteiger partial charge in [0.15, 0.2) is 5.76 Å². The maximum Gasteiger partial charge on any atom is 0.334 e. The van der Waals surface area contributed by atoms with Gasteiger partial charge in [0.1, 0.15) is 5.75 Å². The molecule has 0 unspecified atom stereocenters. The molecule has 1 aromatic carbocycles. The lowest BCUT2D eigenvalue weighted by Gasteiger charge is -1.98. The minimum Gasteiger partial charge on any atom is -0.463 e. The Kier molecular flexibility index (Phi) is 2.72. The van der Waals surface area contributed by atoms with Crippen molar-refractivity contribution < 1.29 is 19.1 Å². The van der Waals surface area contributed by atoms with E-state index in [9.17, 15) is 9.59 Å². The first-order valence-electron chi connectivity index (χ1n) is 4.92. The number of carbonyl (C=O) groups excluding carboxylic acids is 2. The van der Waals surface area contributed by atoms with Crippen LogP contribution in [0.25, 0.3) is 0 Å². The van der Waals surface area contributed by atoms with E-state index in [0.29, 0.717) is 11.3 Å². The Balaban J connectivity index is 2.25. The fraction of sp³-hybridized carbons (Fsp3) is 0.167. The van der Waals surface area contributed by atoms with Crippen LogP contribution in [-0.4, -0.2) is 18.4 Å². The number of esters is 1. The van der Waals surface area contributed by atoms with Crippen LogP contribution in [0, 0.1) is 0 Å². The van der Waals surface area contributed by atoms with Gasteiger partial charge in [0.05, 0.1) is 18.2 Å². The molecule has 4 heteroatoms. The number of hydrogen-bond donors (Lipinski definition) is 0. The van der Waals surface area contributed by atoms with Crippen molar-refractivity contribution in [2.75, 3.05) is 6.61 Å². The van der Waals surface area contributed by atoms with Gasteiger partial charge in [-0.15, -0.1) is 0 Å². The van der Waals surface area contributed by atoms with Gasteiger partial charge in [-0.05, 0) is 19.1 Å². The summed E-state index contributed by atoms with van der Waals surface area (Å²) in [5, 5.41) is 0. The van der Waals surface area contributed by atoms with E-state index < -0.39 is 5.97 Å². The predicted molar refractivity (Wildman–Crippen MR) is 56.1 cm³/mol. The molecule has 2 rings (SSSR count). The number of rotatable bonds is 2. The zero-order chi connectivity index (χ0) is 11.5. The smallest absolute Gasteiger partial charge is 0.334 e. The molecule has 4 nitrogen and oxygen atoms in total. The van der Waals surface area contributed by atoms with Gasteiger partial charge in [0, 0.05) is 0 Å². The maximum atomic E-state index is 11.7. The summed E-state index contributed by atoms with van der Waals surface area (Å²) < 4.78 is 9.95. The van der Waals surface area contributed by atoms with Gasteiger partial charge >= 0.3 is 5.97 Å². The lowest BCUT2D eigenvalue weighted by atomic mass is 10.1. The summed E-state index contributed by atoms with van der Waals surface area (Å²) in [4.78, 5) is 22.9. The van der Waals surface area contributed by atoms with Crippen LogP contribution in [-0.2, 0) is 9.53 Å². The first kappa shape index (κ1) is 10.4. The summed E-state index contributed by atoms with van der Waals surface area (Å²) in [6, 6.07) is 6.84. The summed E-state index contributed by atoms with van der Waals surface area (Å²) in [6.45, 7) is 1.96. The van der Waals surface area contributed by atoms with Gasteiger partial charge in [0.2, 0.25) is 5.78 Å². The molecule has 0 spiro atoms. The summed E-state index contributed by atoms with van der Waals surface area (Å²) >= 11 is 0. The van der Waals surface area contributed by atoms with E-state index in [1.54, 1.807) is 31.2 Å². The molecule has 0 amide bonds. The number of benzene rings is 1. The van der Waals surface area contributed by atoms with E-state index in [4.69, 9.17) is 9.47 Å². The normalized spacial score (nSPS) is 15.8. The van der Waals surface area contributed by atoms with Crippen molar-refractivity contribution in [3.63, 3.8) is 0 Å². The second kappa shape index (κ2) is 4.18. The van der Waals surface area contributed by atoms with Crippen molar-refractivity contribution >= 4 is 11.8 Å². The van der Waals surface area contributed by atoms with E-state index >= 15 is 0 Å². The van der Waals surface area contributed by atoms with E-state index in [1.165, 1.54) is 0 Å². The quantitative estimate of drug-likeness (QED) is 0.560. The summed E-state index contributed by atoms with van der Waals surface area (Å²) in [7, 11) is 0. The highest BCUT2D eigenvalue weighted by molar-refractivity contribution is 6.14. The Hall–Kier alpha value is -2.10. The molecule has 0 N–H and O–H groups in total. The van der Waals surface area contributed by atoms with Crippen molar-refractivity contribution in [1.29, 1.82) is 0 Å². The Bertz CT molecular complexity index is 474. The molecule has 0 saturated heterocycles. The molecule has 1 heterocycles. The third-order valence-corrected chi connectivity index (χ3v) is 2.11. The van der Waals surface area contributed by atoms with Crippen LogP contribution in [0.15, 0.2) is 36.1 Å². The summed E-state index contributed by atoms with van der Waals surface area (Å²) in [5.74, 6) is -0.370. The van der Waals surface area contributed by atoms with Crippen molar-refractivity contribution in [3.8, 4) is 5.75 Å². The summed E-state index contributed by atoms with van der Waals surface area (Å²) in [5.41, 5.74) is 0.470. The highest BCUT2D eigenvalue weighted by Gasteiger charge is 2.27. The number of carbonyl (C=O) groups is 2. The van der Waals surface area contributed by atoms with Crippen molar-refractivity contribution in [1.82, 2.24) is 0 Å². The molecule has 82 valence electrons. The number of ether oxygens (including phenoxy) is 2. The first-order chi connectivity index (χ1) is 7.72. The Morgan fingerprint density at radius 1 is 1.44 bits per heavy atom. The maximum absolute atomic E-state index is 11.7. The Morgan fingerprint density at radius 2 is 2.19 bits per heavy atom. The van der Waals surface area contributed by atoms with Gasteiger partial charge in [-0.25, -0.2) is 4.79 Å². The van der Waals surface area contributed by atoms with E-state index in [0.717, 1.165) is 6.08 Å². The van der Waals surface area contributed by atoms with Crippen molar-refractivity contribution in [2.45, 2.75) is 6.92 Å². The first-order valence-corrected chi connectivity index (χ1v) is 4.92. The number of fused-ring (bicyclic) bond motifs is 1. The molecule has 0 saturated carbocycles. The second-order valence-electron chi connectivity index (χ2n) is 3.19. The van der Waals surface area contributed by atoms with Crippen molar-refractivity contribution in [3.05, 3.63) is 41.7 Å². The molecule has 0 bridgehead atoms. The minimum atomic E-state index is -0.571. The van der Waals surface area contributed by atoms with Crippen LogP contribution in [0.5, 0.6) is 5.75 Å². The zero-order valence-electron chi connectivity index (χ0n) is 8.73. The third-order valence-electron chi connectivity index (χ3n) is 2.11. The second-order valence-corrected chi connectivity index (χ2v) is 3.19. The molecule has 0 atom stereocenters. The van der Waals surface area contributed by atoms with Crippen LogP contribution in [0.4, 0.5) is 0 Å². The van der Waals surface area contributed by atoms with Gasteiger partial charge in [-0.3, -0.25) is 4.79 Å². The standard InChI is InChI=1S/C12H10O4/c1-2-15-11(13)7-10-12(14)8-5-3-4-6-9(8)16-10/h3-7H,2H2,1H3/b10-7-. The average Bonchev–Trinajstić information content (AvgIpc) is 2.57. The lowest BCUT2D eigenvalue weighted by Crippen LogP contribution is -2.06. The van der Waals surface area contributed by atoms with Gasteiger partial charge in [-0.1, -0.05) is 12.1 Å². The van der Waals surface area contributed by atoms with E-state index in [2.05, 4.69) is 0 Å². The Labute approximate surface area is 92.5 Å². The largest absolute Gasteiger partial charge is 0.463 e. The predicted octanol–water partition coefficient (Wildman–Crippen LogP) is 1.71. The molecule has 0 aliphatic carbocycles. The number of hydrogen-bond acceptors (Lipinski definition) is 4.